The van der Waals surface area contributed by atoms with Crippen LogP contribution in [0.15, 0.2) is 0 Å². The van der Waals surface area contributed by atoms with Gasteiger partial charge in [0.1, 0.15) is 5.66 Å². The second-order valence-corrected chi connectivity index (χ2v) is 9.41. The van der Waals surface area contributed by atoms with Crippen LogP contribution >= 0.6 is 0 Å². The molecule has 0 aliphatic heterocycles. The number of carbonyl (C=O) groups is 3. The molecule has 0 heterocycles. The number of ketones is 1. The Morgan fingerprint density at radius 1 is 0.543 bits per heavy atom. The fourth-order valence-corrected chi connectivity index (χ4v) is 3.34. The second kappa shape index (κ2) is 28.8. The van der Waals surface area contributed by atoms with Gasteiger partial charge < -0.3 is 21.7 Å². The molecule has 0 bridgehead atoms. The number of carboxylic acids is 2. The lowest BCUT2D eigenvalue weighted by Crippen LogP contribution is -2.56. The minimum atomic E-state index is -1.09. The van der Waals surface area contributed by atoms with E-state index in [9.17, 15) is 14.4 Å². The predicted octanol–water partition coefficient (Wildman–Crippen LogP) is 7.19. The molecule has 0 fully saturated rings. The van der Waals surface area contributed by atoms with Gasteiger partial charge in [0.05, 0.1) is 0 Å². The van der Waals surface area contributed by atoms with E-state index in [4.69, 9.17) is 21.7 Å². The molecule has 7 nitrogen and oxygen atoms in total. The SMILES string of the molecule is CCC(=O)O.CCC(=O)O.CCCCCCCCCCCCCCCC(=O)C(N)(N)CCCCC. The molecule has 0 aliphatic rings. The van der Waals surface area contributed by atoms with Gasteiger partial charge in [-0.25, -0.2) is 0 Å². The summed E-state index contributed by atoms with van der Waals surface area (Å²) in [6.45, 7) is 7.61. The molecule has 0 aromatic rings. The van der Waals surface area contributed by atoms with Gasteiger partial charge in [-0.2, -0.15) is 0 Å². The Labute approximate surface area is 215 Å². The van der Waals surface area contributed by atoms with Crippen LogP contribution in [0.1, 0.15) is 156 Å². The first kappa shape index (κ1) is 38.1. The smallest absolute Gasteiger partial charge is 0.303 e. The number of Topliss-reactive ketones (excluding diaryl/α,β-unsaturated/α-hetero) is 1. The van der Waals surface area contributed by atoms with Gasteiger partial charge >= 0.3 is 11.9 Å². The van der Waals surface area contributed by atoms with Crippen molar-refractivity contribution in [2.24, 2.45) is 11.5 Å². The van der Waals surface area contributed by atoms with Crippen molar-refractivity contribution < 1.29 is 24.6 Å². The number of hydrogen-bond acceptors (Lipinski definition) is 5. The van der Waals surface area contributed by atoms with Crippen molar-refractivity contribution in [2.75, 3.05) is 0 Å². The first-order chi connectivity index (χ1) is 16.6. The molecule has 0 atom stereocenters. The molecule has 0 aromatic carbocycles. The van der Waals surface area contributed by atoms with Gasteiger partial charge in [0.25, 0.3) is 0 Å². The summed E-state index contributed by atoms with van der Waals surface area (Å²) in [4.78, 5) is 30.8. The molecule has 7 heteroatoms. The Balaban J connectivity index is -0.000000853. The largest absolute Gasteiger partial charge is 0.481 e. The van der Waals surface area contributed by atoms with Gasteiger partial charge in [-0.05, 0) is 19.3 Å². The molecule has 0 saturated carbocycles. The molecule has 0 aliphatic carbocycles. The van der Waals surface area contributed by atoms with Crippen molar-refractivity contribution in [2.45, 2.75) is 162 Å². The Hall–Kier alpha value is -1.47. The monoisotopic (exact) mass is 502 g/mol. The molecule has 0 amide bonds. The van der Waals surface area contributed by atoms with Crippen LogP contribution in [-0.2, 0) is 14.4 Å². The molecule has 0 rings (SSSR count). The van der Waals surface area contributed by atoms with Crippen LogP contribution in [-0.4, -0.2) is 33.6 Å². The highest BCUT2D eigenvalue weighted by molar-refractivity contribution is 5.87. The topological polar surface area (TPSA) is 144 Å². The maximum absolute atomic E-state index is 12.1. The van der Waals surface area contributed by atoms with E-state index in [1.165, 1.54) is 70.6 Å². The number of hydrogen-bond donors (Lipinski definition) is 4. The van der Waals surface area contributed by atoms with Crippen molar-refractivity contribution in [3.8, 4) is 0 Å². The highest BCUT2D eigenvalue weighted by atomic mass is 16.4. The molecule has 210 valence electrons. The highest BCUT2D eigenvalue weighted by Crippen LogP contribution is 2.15. The van der Waals surface area contributed by atoms with Crippen molar-refractivity contribution in [1.29, 1.82) is 0 Å². The van der Waals surface area contributed by atoms with Crippen LogP contribution in [0.2, 0.25) is 0 Å². The molecule has 0 saturated heterocycles. The number of aliphatic carboxylic acids is 2. The zero-order valence-electron chi connectivity index (χ0n) is 23.4. The first-order valence-electron chi connectivity index (χ1n) is 14.1. The van der Waals surface area contributed by atoms with Gasteiger partial charge in [0, 0.05) is 19.3 Å². The standard InChI is InChI=1S/C22H46N2O.2C3H6O2/c1-3-5-7-8-9-10-11-12-13-14-15-16-17-19-21(25)22(23,24)20-18-6-4-2;2*1-2-3(4)5/h3-20,23-24H2,1-2H3;2*2H2,1H3,(H,4,5). The summed E-state index contributed by atoms with van der Waals surface area (Å²) in [6.07, 6.45) is 21.9. The lowest BCUT2D eigenvalue weighted by Gasteiger charge is -2.22. The van der Waals surface area contributed by atoms with Crippen molar-refractivity contribution in [1.82, 2.24) is 0 Å². The summed E-state index contributed by atoms with van der Waals surface area (Å²) in [6, 6.07) is 0. The van der Waals surface area contributed by atoms with Crippen LogP contribution in [0.3, 0.4) is 0 Å². The zero-order chi connectivity index (χ0) is 27.4. The van der Waals surface area contributed by atoms with E-state index >= 15 is 0 Å². The number of unbranched alkanes of at least 4 members (excludes halogenated alkanes) is 14. The fraction of sp³-hybridized carbons (Fsp3) is 0.893. The number of nitrogens with two attached hydrogens (primary N) is 2. The van der Waals surface area contributed by atoms with E-state index in [1.54, 1.807) is 13.8 Å². The number of rotatable bonds is 21. The molecule has 6 N–H and O–H groups in total. The van der Waals surface area contributed by atoms with E-state index in [0.29, 0.717) is 12.8 Å². The van der Waals surface area contributed by atoms with Crippen molar-refractivity contribution in [3.63, 3.8) is 0 Å². The Kier molecular flexibility index (Phi) is 31.3. The Bertz CT molecular complexity index is 482. The molecule has 0 radical (unpaired) electrons. The fourth-order valence-electron chi connectivity index (χ4n) is 3.34. The van der Waals surface area contributed by atoms with Crippen molar-refractivity contribution in [3.05, 3.63) is 0 Å². The summed E-state index contributed by atoms with van der Waals surface area (Å²) < 4.78 is 0. The number of carboxylic acid groups (broad SMARTS) is 2. The molecule has 0 aromatic heterocycles. The third-order valence-electron chi connectivity index (χ3n) is 5.83. The van der Waals surface area contributed by atoms with Crippen LogP contribution in [0.25, 0.3) is 0 Å². The minimum Gasteiger partial charge on any atom is -0.481 e. The third kappa shape index (κ3) is 34.8. The molecule has 0 spiro atoms. The van der Waals surface area contributed by atoms with Crippen molar-refractivity contribution >= 4 is 17.7 Å². The van der Waals surface area contributed by atoms with Gasteiger partial charge in [-0.1, -0.05) is 118 Å². The van der Waals surface area contributed by atoms with Gasteiger partial charge in [0.2, 0.25) is 0 Å². The van der Waals surface area contributed by atoms with Gasteiger partial charge in [-0.15, -0.1) is 0 Å². The molecular weight excluding hydrogens is 444 g/mol. The van der Waals surface area contributed by atoms with E-state index < -0.39 is 17.6 Å². The average molecular weight is 503 g/mol. The zero-order valence-corrected chi connectivity index (χ0v) is 23.4. The van der Waals surface area contributed by atoms with Crippen LogP contribution in [0, 0.1) is 0 Å². The lowest BCUT2D eigenvalue weighted by atomic mass is 9.95. The van der Waals surface area contributed by atoms with Gasteiger partial charge in [-0.3, -0.25) is 14.4 Å². The van der Waals surface area contributed by atoms with Crippen LogP contribution < -0.4 is 11.5 Å². The minimum absolute atomic E-state index is 0.0478. The summed E-state index contributed by atoms with van der Waals surface area (Å²) in [5, 5.41) is 15.4. The lowest BCUT2D eigenvalue weighted by molar-refractivity contribution is -0.137. The van der Waals surface area contributed by atoms with Gasteiger partial charge in [0.15, 0.2) is 5.78 Å². The van der Waals surface area contributed by atoms with E-state index in [1.807, 2.05) is 0 Å². The highest BCUT2D eigenvalue weighted by Gasteiger charge is 2.27. The van der Waals surface area contributed by atoms with E-state index in [2.05, 4.69) is 13.8 Å². The number of carbonyl (C=O) groups excluding carboxylic acids is 1. The molecular formula is C28H58N2O5. The maximum atomic E-state index is 12.1. The quantitative estimate of drug-likeness (QED) is 0.0959. The first-order valence-corrected chi connectivity index (χ1v) is 14.1. The van der Waals surface area contributed by atoms with E-state index in [0.717, 1.165) is 32.1 Å². The van der Waals surface area contributed by atoms with Crippen LogP contribution in [0.5, 0.6) is 0 Å². The third-order valence-corrected chi connectivity index (χ3v) is 5.83. The van der Waals surface area contributed by atoms with E-state index in [-0.39, 0.29) is 18.6 Å². The summed E-state index contributed by atoms with van der Waals surface area (Å²) >= 11 is 0. The average Bonchev–Trinajstić information content (AvgIpc) is 2.82. The normalized spacial score (nSPS) is 10.6. The summed E-state index contributed by atoms with van der Waals surface area (Å²) in [5.74, 6) is -1.44. The Morgan fingerprint density at radius 3 is 1.14 bits per heavy atom. The second-order valence-electron chi connectivity index (χ2n) is 9.41. The molecule has 35 heavy (non-hydrogen) atoms. The summed E-state index contributed by atoms with van der Waals surface area (Å²) in [5.41, 5.74) is 10.9. The predicted molar refractivity (Wildman–Crippen MR) is 146 cm³/mol. The van der Waals surface area contributed by atoms with Crippen LogP contribution in [0.4, 0.5) is 0 Å². The Morgan fingerprint density at radius 2 is 0.829 bits per heavy atom. The summed E-state index contributed by atoms with van der Waals surface area (Å²) in [7, 11) is 0. The maximum Gasteiger partial charge on any atom is 0.303 e. The molecule has 0 unspecified atom stereocenters.